The van der Waals surface area contributed by atoms with Gasteiger partial charge in [0.15, 0.2) is 23.1 Å². The number of benzene rings is 4. The van der Waals surface area contributed by atoms with Gasteiger partial charge >= 0.3 is 0 Å². The molecule has 4 aromatic carbocycles. The molecule has 0 fully saturated rings. The van der Waals surface area contributed by atoms with Crippen LogP contribution >= 0.6 is 0 Å². The summed E-state index contributed by atoms with van der Waals surface area (Å²) in [4.78, 5) is 4.42. The first-order chi connectivity index (χ1) is 18.0. The molecule has 0 saturated carbocycles. The van der Waals surface area contributed by atoms with Gasteiger partial charge in [0.2, 0.25) is 0 Å². The van der Waals surface area contributed by atoms with Crippen molar-refractivity contribution >= 4 is 27.6 Å². The SMILES string of the molecule is CC(Nc1c(F)c(F)c2nc3c(cc2c1F)c(-c1ccccc1)nn3-c1ccccc1)c1ccccc1. The Morgan fingerprint density at radius 1 is 0.730 bits per heavy atom. The van der Waals surface area contributed by atoms with E-state index < -0.39 is 34.7 Å². The molecule has 0 aliphatic carbocycles. The molecule has 0 amide bonds. The first kappa shape index (κ1) is 22.8. The molecule has 2 heterocycles. The number of anilines is 1. The maximum atomic E-state index is 15.8. The Bertz CT molecular complexity index is 1730. The Balaban J connectivity index is 1.60. The fourth-order valence-corrected chi connectivity index (χ4v) is 4.55. The molecule has 4 nitrogen and oxygen atoms in total. The summed E-state index contributed by atoms with van der Waals surface area (Å²) in [6.07, 6.45) is 0. The number of hydrogen-bond acceptors (Lipinski definition) is 3. The lowest BCUT2D eigenvalue weighted by Gasteiger charge is -2.18. The van der Waals surface area contributed by atoms with Crippen LogP contribution in [-0.4, -0.2) is 14.8 Å². The van der Waals surface area contributed by atoms with Crippen molar-refractivity contribution in [2.75, 3.05) is 5.32 Å². The molecule has 0 bridgehead atoms. The molecule has 0 aliphatic rings. The molecular weight excluding hydrogens is 473 g/mol. The topological polar surface area (TPSA) is 42.7 Å². The second-order valence-electron chi connectivity index (χ2n) is 8.81. The van der Waals surface area contributed by atoms with Crippen LogP contribution < -0.4 is 5.32 Å². The minimum absolute atomic E-state index is 0.126. The van der Waals surface area contributed by atoms with Crippen LogP contribution in [0.3, 0.4) is 0 Å². The third-order valence-corrected chi connectivity index (χ3v) is 6.44. The lowest BCUT2D eigenvalue weighted by Crippen LogP contribution is -2.11. The number of fused-ring (bicyclic) bond motifs is 2. The summed E-state index contributed by atoms with van der Waals surface area (Å²) in [6, 6.07) is 28.9. The van der Waals surface area contributed by atoms with Gasteiger partial charge in [-0.3, -0.25) is 0 Å². The number of para-hydroxylation sites is 1. The number of pyridine rings is 1. The molecule has 182 valence electrons. The smallest absolute Gasteiger partial charge is 0.187 e. The molecule has 7 heteroatoms. The van der Waals surface area contributed by atoms with Crippen molar-refractivity contribution in [1.29, 1.82) is 0 Å². The molecular formula is C30H21F3N4. The van der Waals surface area contributed by atoms with E-state index >= 15 is 13.2 Å². The molecule has 1 N–H and O–H groups in total. The largest absolute Gasteiger partial charge is 0.374 e. The Hall–Kier alpha value is -4.65. The van der Waals surface area contributed by atoms with Crippen LogP contribution in [0.4, 0.5) is 18.9 Å². The number of halogens is 3. The van der Waals surface area contributed by atoms with Crippen LogP contribution in [0.1, 0.15) is 18.5 Å². The average Bonchev–Trinajstić information content (AvgIpc) is 3.33. The number of aromatic nitrogens is 3. The van der Waals surface area contributed by atoms with E-state index in [4.69, 9.17) is 5.10 Å². The van der Waals surface area contributed by atoms with Crippen molar-refractivity contribution in [1.82, 2.24) is 14.8 Å². The van der Waals surface area contributed by atoms with E-state index in [0.717, 1.165) is 11.1 Å². The minimum atomic E-state index is -1.31. The Kier molecular flexibility index (Phi) is 5.60. The molecule has 0 saturated heterocycles. The van der Waals surface area contributed by atoms with Gasteiger partial charge in [-0.1, -0.05) is 78.9 Å². The fraction of sp³-hybridized carbons (Fsp3) is 0.0667. The minimum Gasteiger partial charge on any atom is -0.374 e. The number of nitrogens with zero attached hydrogens (tertiary/aromatic N) is 3. The summed E-state index contributed by atoms with van der Waals surface area (Å²) in [5.41, 5.74) is 2.24. The molecule has 6 rings (SSSR count). The molecule has 1 unspecified atom stereocenters. The molecule has 0 spiro atoms. The second-order valence-corrected chi connectivity index (χ2v) is 8.81. The van der Waals surface area contributed by atoms with E-state index in [9.17, 15) is 0 Å². The van der Waals surface area contributed by atoms with Crippen molar-refractivity contribution < 1.29 is 13.2 Å². The summed E-state index contributed by atoms with van der Waals surface area (Å²) >= 11 is 0. The van der Waals surface area contributed by atoms with Gasteiger partial charge in [-0.2, -0.15) is 5.10 Å². The van der Waals surface area contributed by atoms with Crippen molar-refractivity contribution in [2.45, 2.75) is 13.0 Å². The predicted octanol–water partition coefficient (Wildman–Crippen LogP) is 7.83. The van der Waals surface area contributed by atoms with Crippen molar-refractivity contribution in [3.63, 3.8) is 0 Å². The van der Waals surface area contributed by atoms with E-state index in [2.05, 4.69) is 10.3 Å². The number of rotatable bonds is 5. The van der Waals surface area contributed by atoms with Crippen molar-refractivity contribution in [3.8, 4) is 16.9 Å². The molecule has 2 aromatic heterocycles. The van der Waals surface area contributed by atoms with E-state index in [1.54, 1.807) is 11.6 Å². The maximum Gasteiger partial charge on any atom is 0.187 e. The molecule has 6 aromatic rings. The molecule has 0 radical (unpaired) electrons. The van der Waals surface area contributed by atoms with E-state index in [-0.39, 0.29) is 5.39 Å². The first-order valence-electron chi connectivity index (χ1n) is 11.8. The zero-order valence-electron chi connectivity index (χ0n) is 19.8. The predicted molar refractivity (Wildman–Crippen MR) is 140 cm³/mol. The van der Waals surface area contributed by atoms with Gasteiger partial charge in [0.25, 0.3) is 0 Å². The Morgan fingerprint density at radius 3 is 2.03 bits per heavy atom. The highest BCUT2D eigenvalue weighted by Gasteiger charge is 2.25. The van der Waals surface area contributed by atoms with Crippen LogP contribution in [0.2, 0.25) is 0 Å². The standard InChI is InChI=1S/C30H21F3N4/c1-18(19-11-5-2-6-12-19)34-29-24(31)22-17-23-27(20-13-7-3-8-14-20)36-37(21-15-9-4-10-16-21)30(23)35-28(22)25(32)26(29)33/h2-18,34H,1H3. The van der Waals surface area contributed by atoms with Crippen molar-refractivity contribution in [3.05, 3.63) is 120 Å². The third kappa shape index (κ3) is 3.89. The van der Waals surface area contributed by atoms with Crippen molar-refractivity contribution in [2.24, 2.45) is 0 Å². The van der Waals surface area contributed by atoms with Gasteiger partial charge in [0.1, 0.15) is 16.9 Å². The zero-order chi connectivity index (χ0) is 25.5. The quantitative estimate of drug-likeness (QED) is 0.248. The van der Waals surface area contributed by atoms with Gasteiger partial charge in [-0.25, -0.2) is 22.8 Å². The van der Waals surface area contributed by atoms with Gasteiger partial charge < -0.3 is 5.32 Å². The van der Waals surface area contributed by atoms with Gasteiger partial charge in [-0.05, 0) is 30.7 Å². The summed E-state index contributed by atoms with van der Waals surface area (Å²) in [5, 5.41) is 7.96. The normalized spacial score (nSPS) is 12.2. The van der Waals surface area contributed by atoms with E-state index in [1.165, 1.54) is 6.07 Å². The third-order valence-electron chi connectivity index (χ3n) is 6.44. The lowest BCUT2D eigenvalue weighted by atomic mass is 10.0. The maximum absolute atomic E-state index is 15.8. The monoisotopic (exact) mass is 494 g/mol. The van der Waals surface area contributed by atoms with Gasteiger partial charge in [0, 0.05) is 22.4 Å². The highest BCUT2D eigenvalue weighted by molar-refractivity contribution is 6.00. The molecule has 0 aliphatic heterocycles. The summed E-state index contributed by atoms with van der Waals surface area (Å²) < 4.78 is 48.0. The van der Waals surface area contributed by atoms with Crippen LogP contribution in [0.5, 0.6) is 0 Å². The van der Waals surface area contributed by atoms with Gasteiger partial charge in [0.05, 0.1) is 5.69 Å². The van der Waals surface area contributed by atoms with Crippen LogP contribution in [0.15, 0.2) is 97.1 Å². The van der Waals surface area contributed by atoms with Crippen LogP contribution in [0, 0.1) is 17.5 Å². The summed E-state index contributed by atoms with van der Waals surface area (Å²) in [5.74, 6) is -3.44. The fourth-order valence-electron chi connectivity index (χ4n) is 4.55. The highest BCUT2D eigenvalue weighted by Crippen LogP contribution is 2.37. The second kappa shape index (κ2) is 9.09. The summed E-state index contributed by atoms with van der Waals surface area (Å²) in [7, 11) is 0. The average molecular weight is 495 g/mol. The zero-order valence-corrected chi connectivity index (χ0v) is 19.8. The van der Waals surface area contributed by atoms with Gasteiger partial charge in [-0.15, -0.1) is 0 Å². The lowest BCUT2D eigenvalue weighted by molar-refractivity contribution is 0.506. The Morgan fingerprint density at radius 2 is 1.35 bits per heavy atom. The first-order valence-corrected chi connectivity index (χ1v) is 11.8. The molecule has 37 heavy (non-hydrogen) atoms. The Labute approximate surface area is 211 Å². The summed E-state index contributed by atoms with van der Waals surface area (Å²) in [6.45, 7) is 1.76. The van der Waals surface area contributed by atoms with Crippen LogP contribution in [0.25, 0.3) is 38.9 Å². The number of hydrogen-bond donors (Lipinski definition) is 1. The number of nitrogens with one attached hydrogen (secondary N) is 1. The molecule has 1 atom stereocenters. The van der Waals surface area contributed by atoms with Crippen LogP contribution in [-0.2, 0) is 0 Å². The van der Waals surface area contributed by atoms with E-state index in [0.29, 0.717) is 22.4 Å². The highest BCUT2D eigenvalue weighted by atomic mass is 19.2. The van der Waals surface area contributed by atoms with E-state index in [1.807, 2.05) is 91.0 Å².